The number of phenolic OH excluding ortho intramolecular Hbond substituents is 1. The number of halogens is 1. The summed E-state index contributed by atoms with van der Waals surface area (Å²) in [6.07, 6.45) is 2.84. The molecular weight excluding hydrogens is 272 g/mol. The number of aliphatic imine (C=N–C) groups is 1. The van der Waals surface area contributed by atoms with Crippen LogP contribution < -0.4 is 0 Å². The van der Waals surface area contributed by atoms with Crippen LogP contribution >= 0.6 is 11.6 Å². The van der Waals surface area contributed by atoms with E-state index in [2.05, 4.69) is 4.99 Å². The topological polar surface area (TPSA) is 88.9 Å². The molecule has 0 radical (unpaired) electrons. The first-order chi connectivity index (χ1) is 9.08. The molecule has 0 saturated carbocycles. The summed E-state index contributed by atoms with van der Waals surface area (Å²) < 4.78 is 5.08. The highest BCUT2D eigenvalue weighted by atomic mass is 35.5. The van der Waals surface area contributed by atoms with Crippen molar-refractivity contribution in [2.45, 2.75) is 6.54 Å². The molecule has 7 heteroatoms. The Labute approximate surface area is 113 Å². The van der Waals surface area contributed by atoms with Crippen LogP contribution in [0.1, 0.15) is 11.3 Å². The first kappa shape index (κ1) is 13.1. The van der Waals surface area contributed by atoms with E-state index < -0.39 is 16.4 Å². The number of phenols is 1. The molecule has 1 heterocycles. The second-order valence-corrected chi connectivity index (χ2v) is 4.11. The number of rotatable bonds is 4. The van der Waals surface area contributed by atoms with Gasteiger partial charge in [-0.2, -0.15) is 0 Å². The molecule has 0 aliphatic rings. The molecule has 0 aliphatic heterocycles. The van der Waals surface area contributed by atoms with Crippen LogP contribution in [0.2, 0.25) is 5.02 Å². The normalized spacial score (nSPS) is 11.0. The zero-order valence-corrected chi connectivity index (χ0v) is 10.4. The molecule has 2 rings (SSSR count). The summed E-state index contributed by atoms with van der Waals surface area (Å²) in [7, 11) is 0. The molecular formula is C12H9ClN2O4. The number of aromatic hydroxyl groups is 1. The third-order valence-corrected chi connectivity index (χ3v) is 2.56. The quantitative estimate of drug-likeness (QED) is 0.529. The maximum absolute atomic E-state index is 10.7. The maximum Gasteiger partial charge on any atom is 0.312 e. The van der Waals surface area contributed by atoms with Crippen molar-refractivity contribution in [3.05, 3.63) is 57.0 Å². The molecule has 0 saturated heterocycles. The summed E-state index contributed by atoms with van der Waals surface area (Å²) in [6.45, 7) is 0.271. The van der Waals surface area contributed by atoms with E-state index in [1.54, 1.807) is 12.1 Å². The number of hydrogen-bond donors (Lipinski definition) is 1. The molecule has 1 aromatic heterocycles. The smallest absolute Gasteiger partial charge is 0.312 e. The summed E-state index contributed by atoms with van der Waals surface area (Å²) in [5, 5.41) is 20.6. The van der Waals surface area contributed by atoms with Gasteiger partial charge in [-0.15, -0.1) is 0 Å². The van der Waals surface area contributed by atoms with E-state index >= 15 is 0 Å². The van der Waals surface area contributed by atoms with Crippen molar-refractivity contribution in [2.75, 3.05) is 0 Å². The molecule has 6 nitrogen and oxygen atoms in total. The maximum atomic E-state index is 10.7. The first-order valence-electron chi connectivity index (χ1n) is 5.27. The zero-order valence-electron chi connectivity index (χ0n) is 9.62. The van der Waals surface area contributed by atoms with Crippen molar-refractivity contribution in [2.24, 2.45) is 4.99 Å². The Morgan fingerprint density at radius 3 is 2.95 bits per heavy atom. The standard InChI is InChI=1S/C12H9ClN2O4/c13-9-4-8(12(16)11(5-9)15(17)18)6-14-7-10-2-1-3-19-10/h1-6,16H,7H2. The van der Waals surface area contributed by atoms with Gasteiger partial charge in [0.05, 0.1) is 17.7 Å². The molecule has 0 aliphatic carbocycles. The van der Waals surface area contributed by atoms with Crippen molar-refractivity contribution >= 4 is 23.5 Å². The molecule has 0 unspecified atom stereocenters. The highest BCUT2D eigenvalue weighted by Gasteiger charge is 2.17. The van der Waals surface area contributed by atoms with E-state index in [9.17, 15) is 15.2 Å². The Morgan fingerprint density at radius 1 is 1.53 bits per heavy atom. The number of furan rings is 1. The molecule has 98 valence electrons. The minimum atomic E-state index is -0.703. The van der Waals surface area contributed by atoms with Gasteiger partial charge in [-0.1, -0.05) is 11.6 Å². The van der Waals surface area contributed by atoms with Crippen LogP contribution in [0.25, 0.3) is 0 Å². The fraction of sp³-hybridized carbons (Fsp3) is 0.0833. The Kier molecular flexibility index (Phi) is 3.82. The zero-order chi connectivity index (χ0) is 13.8. The number of nitro benzene ring substituents is 1. The SMILES string of the molecule is O=[N+]([O-])c1cc(Cl)cc(C=NCc2ccco2)c1O. The fourth-order valence-corrected chi connectivity index (χ4v) is 1.70. The molecule has 0 atom stereocenters. The first-order valence-corrected chi connectivity index (χ1v) is 5.65. The van der Waals surface area contributed by atoms with Gasteiger partial charge in [0, 0.05) is 22.9 Å². The third kappa shape index (κ3) is 3.11. The predicted molar refractivity (Wildman–Crippen MR) is 69.8 cm³/mol. The van der Waals surface area contributed by atoms with Gasteiger partial charge in [0.1, 0.15) is 5.76 Å². The second-order valence-electron chi connectivity index (χ2n) is 3.67. The summed E-state index contributed by atoms with van der Waals surface area (Å²) in [6, 6.07) is 5.96. The van der Waals surface area contributed by atoms with Crippen LogP contribution in [-0.4, -0.2) is 16.2 Å². The van der Waals surface area contributed by atoms with Crippen LogP contribution in [0.3, 0.4) is 0 Å². The van der Waals surface area contributed by atoms with E-state index in [1.165, 1.54) is 18.5 Å². The average Bonchev–Trinajstić information content (AvgIpc) is 2.86. The Morgan fingerprint density at radius 2 is 2.32 bits per heavy atom. The van der Waals surface area contributed by atoms with E-state index in [4.69, 9.17) is 16.0 Å². The van der Waals surface area contributed by atoms with Gasteiger partial charge >= 0.3 is 5.69 Å². The van der Waals surface area contributed by atoms with Crippen molar-refractivity contribution in [3.63, 3.8) is 0 Å². The van der Waals surface area contributed by atoms with Crippen molar-refractivity contribution < 1.29 is 14.4 Å². The predicted octanol–water partition coefficient (Wildman–Crippen LogP) is 3.17. The number of nitro groups is 1. The lowest BCUT2D eigenvalue weighted by atomic mass is 10.2. The molecule has 0 amide bonds. The third-order valence-electron chi connectivity index (χ3n) is 2.34. The minimum Gasteiger partial charge on any atom is -0.502 e. The number of benzene rings is 1. The molecule has 19 heavy (non-hydrogen) atoms. The summed E-state index contributed by atoms with van der Waals surface area (Å²) in [4.78, 5) is 14.0. The highest BCUT2D eigenvalue weighted by Crippen LogP contribution is 2.32. The Balaban J connectivity index is 2.24. The van der Waals surface area contributed by atoms with Crippen molar-refractivity contribution in [1.29, 1.82) is 0 Å². The molecule has 1 aromatic carbocycles. The monoisotopic (exact) mass is 280 g/mol. The van der Waals surface area contributed by atoms with Gasteiger partial charge in [0.15, 0.2) is 0 Å². The molecule has 0 bridgehead atoms. The molecule has 0 fully saturated rings. The van der Waals surface area contributed by atoms with E-state index in [0.29, 0.717) is 5.76 Å². The van der Waals surface area contributed by atoms with Crippen molar-refractivity contribution in [1.82, 2.24) is 0 Å². The Bertz CT molecular complexity index is 623. The molecule has 0 spiro atoms. The van der Waals surface area contributed by atoms with Gasteiger partial charge in [0.2, 0.25) is 5.75 Å². The number of hydrogen-bond acceptors (Lipinski definition) is 5. The average molecular weight is 281 g/mol. The van der Waals surface area contributed by atoms with E-state index in [-0.39, 0.29) is 17.1 Å². The summed E-state index contributed by atoms with van der Waals surface area (Å²) in [5.74, 6) is 0.185. The second kappa shape index (κ2) is 5.53. The lowest BCUT2D eigenvalue weighted by Gasteiger charge is -2.01. The van der Waals surface area contributed by atoms with Gasteiger partial charge < -0.3 is 9.52 Å². The van der Waals surface area contributed by atoms with Crippen LogP contribution in [0, 0.1) is 10.1 Å². The molecule has 1 N–H and O–H groups in total. The van der Waals surface area contributed by atoms with Crippen LogP contribution in [-0.2, 0) is 6.54 Å². The summed E-state index contributed by atoms with van der Waals surface area (Å²) >= 11 is 5.75. The van der Waals surface area contributed by atoms with Crippen molar-refractivity contribution in [3.8, 4) is 5.75 Å². The van der Waals surface area contributed by atoms with Gasteiger partial charge in [-0.25, -0.2) is 0 Å². The van der Waals surface area contributed by atoms with E-state index in [1.807, 2.05) is 0 Å². The van der Waals surface area contributed by atoms with Gasteiger partial charge in [-0.3, -0.25) is 15.1 Å². The lowest BCUT2D eigenvalue weighted by Crippen LogP contribution is -1.93. The van der Waals surface area contributed by atoms with E-state index in [0.717, 1.165) is 6.07 Å². The number of nitrogens with zero attached hydrogens (tertiary/aromatic N) is 2. The lowest BCUT2D eigenvalue weighted by molar-refractivity contribution is -0.385. The van der Waals surface area contributed by atoms with Crippen LogP contribution in [0.4, 0.5) is 5.69 Å². The molecule has 2 aromatic rings. The Hall–Kier alpha value is -2.34. The highest BCUT2D eigenvalue weighted by molar-refractivity contribution is 6.31. The summed E-state index contributed by atoms with van der Waals surface area (Å²) in [5.41, 5.74) is -0.266. The minimum absolute atomic E-state index is 0.156. The van der Waals surface area contributed by atoms with Crippen LogP contribution in [0.5, 0.6) is 5.75 Å². The van der Waals surface area contributed by atoms with Crippen LogP contribution in [0.15, 0.2) is 39.9 Å². The van der Waals surface area contributed by atoms with Gasteiger partial charge in [0.25, 0.3) is 0 Å². The van der Waals surface area contributed by atoms with Gasteiger partial charge in [-0.05, 0) is 18.2 Å². The fourth-order valence-electron chi connectivity index (χ4n) is 1.48. The largest absolute Gasteiger partial charge is 0.502 e.